The molecule has 15 nitrogen and oxygen atoms in total. The first-order chi connectivity index (χ1) is 28.3. The van der Waals surface area contributed by atoms with Crippen molar-refractivity contribution in [1.82, 2.24) is 40.4 Å². The Bertz CT molecular complexity index is 2250. The number of aromatic amines is 2. The van der Waals surface area contributed by atoms with Crippen LogP contribution in [0.25, 0.3) is 22.3 Å². The summed E-state index contributed by atoms with van der Waals surface area (Å²) in [6.45, 7) is 8.33. The number of rotatable bonds is 9. The number of hydrogen-bond donors (Lipinski definition) is 4. The Labute approximate surface area is 342 Å². The van der Waals surface area contributed by atoms with Crippen LogP contribution in [0.2, 0.25) is 0 Å². The van der Waals surface area contributed by atoms with Crippen LogP contribution < -0.4 is 10.6 Å². The van der Waals surface area contributed by atoms with Crippen molar-refractivity contribution in [1.29, 1.82) is 0 Å². The minimum absolute atomic E-state index is 0.0882. The number of hydrogen-bond acceptors (Lipinski definition) is 9. The number of benzene rings is 2. The smallest absolute Gasteiger partial charge is 0.407 e. The Morgan fingerprint density at radius 3 is 2.15 bits per heavy atom. The number of methoxy groups -OCH3 is 2. The van der Waals surface area contributed by atoms with Crippen molar-refractivity contribution in [3.63, 3.8) is 0 Å². The lowest BCUT2D eigenvalue weighted by atomic mass is 9.96. The molecule has 2 aromatic heterocycles. The highest BCUT2D eigenvalue weighted by Crippen LogP contribution is 2.45. The van der Waals surface area contributed by atoms with Crippen molar-refractivity contribution in [2.75, 3.05) is 33.9 Å². The predicted molar refractivity (Wildman–Crippen MR) is 215 cm³/mol. The summed E-state index contributed by atoms with van der Waals surface area (Å²) in [5, 5.41) is 5.30. The molecule has 7 rings (SSSR count). The molecule has 16 heteroatoms. The number of nitrogens with zero attached hydrogens (tertiary/aromatic N) is 4. The molecule has 0 saturated carbocycles. The van der Waals surface area contributed by atoms with Crippen LogP contribution in [0.15, 0.2) is 48.7 Å². The molecule has 5 heterocycles. The molecular formula is C43H51FN8O7. The van der Waals surface area contributed by atoms with Gasteiger partial charge in [0.25, 0.3) is 0 Å². The number of alkyl carbamates (subject to hydrolysis) is 2. The number of carbonyl (C=O) groups excluding carboxylic acids is 4. The van der Waals surface area contributed by atoms with E-state index >= 15 is 0 Å². The fourth-order valence-electron chi connectivity index (χ4n) is 8.29. The average Bonchev–Trinajstić information content (AvgIpc) is 4.08. The fourth-order valence-corrected chi connectivity index (χ4v) is 8.29. The molecule has 0 bridgehead atoms. The summed E-state index contributed by atoms with van der Waals surface area (Å²) in [6.07, 6.45) is 1.55. The molecule has 4 N–H and O–H groups in total. The standard InChI is InChI=1S/C43H51FN8O7/c1-24(2)35(49-41(55)57-5)39(53)51-22-29(44)19-33(51)37-45-21-32(48-37)28-13-10-26(11-14-28)8-9-27-12-15-30-31(18-27)47-38(46-30)34-20-43(16-7-17-59-43)23-52(34)40(54)36(25(3)4)50-42(56)58-6/h10-15,18,21,24-25,29,33-36H,7,16-17,19-20,22-23H2,1-6H3,(H,45,48)(H,46,47)(H,49,55)(H,50,56)/t29-,33+,34+,35+,36+,43+/m1/s1. The van der Waals surface area contributed by atoms with Gasteiger partial charge in [-0.15, -0.1) is 0 Å². The number of alkyl halides is 1. The molecule has 6 atom stereocenters. The Kier molecular flexibility index (Phi) is 12.0. The Balaban J connectivity index is 1.05. The van der Waals surface area contributed by atoms with Crippen LogP contribution in [0.3, 0.4) is 0 Å². The number of halogens is 1. The number of aromatic nitrogens is 4. The first-order valence-corrected chi connectivity index (χ1v) is 20.0. The van der Waals surface area contributed by atoms with Crippen molar-refractivity contribution in [2.24, 2.45) is 11.8 Å². The molecular weight excluding hydrogens is 760 g/mol. The van der Waals surface area contributed by atoms with Gasteiger partial charge in [-0.05, 0) is 55.0 Å². The molecule has 3 fully saturated rings. The summed E-state index contributed by atoms with van der Waals surface area (Å²) in [7, 11) is 2.50. The van der Waals surface area contributed by atoms with Crippen LogP contribution in [-0.2, 0) is 23.8 Å². The first kappa shape index (κ1) is 41.2. The summed E-state index contributed by atoms with van der Waals surface area (Å²) in [5.74, 6) is 6.55. The number of imidazole rings is 2. The Morgan fingerprint density at radius 2 is 1.53 bits per heavy atom. The number of H-pyrrole nitrogens is 2. The minimum Gasteiger partial charge on any atom is -0.453 e. The van der Waals surface area contributed by atoms with Gasteiger partial charge in [-0.25, -0.2) is 23.9 Å². The largest absolute Gasteiger partial charge is 0.453 e. The van der Waals surface area contributed by atoms with E-state index < -0.39 is 48.0 Å². The molecule has 312 valence electrons. The topological polar surface area (TPSA) is 184 Å². The van der Waals surface area contributed by atoms with Crippen LogP contribution in [0.1, 0.15) is 88.2 Å². The van der Waals surface area contributed by atoms with Gasteiger partial charge in [0.1, 0.15) is 29.9 Å². The lowest BCUT2D eigenvalue weighted by molar-refractivity contribution is -0.136. The van der Waals surface area contributed by atoms with Crippen molar-refractivity contribution in [2.45, 2.75) is 89.3 Å². The van der Waals surface area contributed by atoms with Crippen molar-refractivity contribution < 1.29 is 37.8 Å². The van der Waals surface area contributed by atoms with Crippen molar-refractivity contribution in [3.05, 3.63) is 71.4 Å². The summed E-state index contributed by atoms with van der Waals surface area (Å²) in [6, 6.07) is 10.7. The summed E-state index contributed by atoms with van der Waals surface area (Å²) >= 11 is 0. The maximum Gasteiger partial charge on any atom is 0.407 e. The van der Waals surface area contributed by atoms with Crippen LogP contribution in [0.4, 0.5) is 14.0 Å². The molecule has 1 spiro atoms. The second-order valence-corrected chi connectivity index (χ2v) is 16.2. The second-order valence-electron chi connectivity index (χ2n) is 16.2. The van der Waals surface area contributed by atoms with Gasteiger partial charge in [-0.2, -0.15) is 0 Å². The van der Waals surface area contributed by atoms with Crippen LogP contribution in [0.5, 0.6) is 0 Å². The molecule has 3 aliphatic rings. The van der Waals surface area contributed by atoms with Crippen molar-refractivity contribution in [3.8, 4) is 23.1 Å². The normalized spacial score (nSPS) is 22.4. The maximum atomic E-state index is 14.8. The van der Waals surface area contributed by atoms with E-state index in [0.29, 0.717) is 42.4 Å². The maximum absolute atomic E-state index is 14.8. The molecule has 0 unspecified atom stereocenters. The Morgan fingerprint density at radius 1 is 0.881 bits per heavy atom. The van der Waals surface area contributed by atoms with E-state index in [4.69, 9.17) is 24.2 Å². The molecule has 3 aliphatic heterocycles. The second kappa shape index (κ2) is 17.1. The molecule has 4 amide bonds. The molecule has 0 aliphatic carbocycles. The van der Waals surface area contributed by atoms with Gasteiger partial charge < -0.3 is 44.6 Å². The van der Waals surface area contributed by atoms with E-state index in [1.807, 2.05) is 56.3 Å². The van der Waals surface area contributed by atoms with Gasteiger partial charge in [0.05, 0.1) is 61.7 Å². The zero-order chi connectivity index (χ0) is 42.0. The van der Waals surface area contributed by atoms with Crippen molar-refractivity contribution >= 4 is 35.0 Å². The minimum atomic E-state index is -1.23. The van der Waals surface area contributed by atoms with Crippen LogP contribution >= 0.6 is 0 Å². The van der Waals surface area contributed by atoms with Gasteiger partial charge in [0.15, 0.2) is 0 Å². The van der Waals surface area contributed by atoms with E-state index in [2.05, 4.69) is 32.4 Å². The lowest BCUT2D eigenvalue weighted by Crippen LogP contribution is -2.51. The fraction of sp³-hybridized carbons (Fsp3) is 0.488. The number of nitrogens with one attached hydrogen (secondary N) is 4. The summed E-state index contributed by atoms with van der Waals surface area (Å²) < 4.78 is 30.5. The number of carbonyl (C=O) groups is 4. The monoisotopic (exact) mass is 810 g/mol. The van der Waals surface area contributed by atoms with Gasteiger partial charge in [0.2, 0.25) is 11.8 Å². The molecule has 4 aromatic rings. The van der Waals surface area contributed by atoms with Gasteiger partial charge >= 0.3 is 12.2 Å². The molecule has 0 radical (unpaired) electrons. The van der Waals surface area contributed by atoms with Gasteiger partial charge in [-0.1, -0.05) is 51.7 Å². The Hall–Kier alpha value is -5.95. The van der Waals surface area contributed by atoms with E-state index in [1.54, 1.807) is 24.9 Å². The zero-order valence-electron chi connectivity index (χ0n) is 34.1. The predicted octanol–water partition coefficient (Wildman–Crippen LogP) is 5.55. The highest BCUT2D eigenvalue weighted by Gasteiger charge is 2.51. The van der Waals surface area contributed by atoms with Crippen LogP contribution in [-0.4, -0.2) is 112 Å². The highest BCUT2D eigenvalue weighted by molar-refractivity contribution is 5.87. The molecule has 59 heavy (non-hydrogen) atoms. The van der Waals surface area contributed by atoms with E-state index in [9.17, 15) is 23.6 Å². The van der Waals surface area contributed by atoms with Gasteiger partial charge in [-0.3, -0.25) is 9.59 Å². The average molecular weight is 811 g/mol. The number of likely N-dealkylation sites (tertiary alicyclic amines) is 2. The van der Waals surface area contributed by atoms with Crippen LogP contribution in [0, 0.1) is 23.7 Å². The third kappa shape index (κ3) is 8.75. The third-order valence-electron chi connectivity index (χ3n) is 11.4. The van der Waals surface area contributed by atoms with Gasteiger partial charge in [0, 0.05) is 42.3 Å². The number of amides is 4. The SMILES string of the molecule is COC(=O)N[C@H](C(=O)N1C[C@H](F)C[C@H]1c1nc(-c2ccc(C#Cc3ccc4[nH]c([C@@H]5C[C@@]6(CCCO6)CN5C(=O)[C@@H](NC(=O)OC)C(C)C)nc4c3)cc2)c[nH]1)C(C)C. The van der Waals surface area contributed by atoms with E-state index in [-0.39, 0.29) is 36.8 Å². The van der Waals surface area contributed by atoms with E-state index in [0.717, 1.165) is 35.0 Å². The first-order valence-electron chi connectivity index (χ1n) is 20.0. The highest BCUT2D eigenvalue weighted by atomic mass is 19.1. The quantitative estimate of drug-likeness (QED) is 0.158. The summed E-state index contributed by atoms with van der Waals surface area (Å²) in [5.41, 5.74) is 4.05. The number of ether oxygens (including phenoxy) is 3. The summed E-state index contributed by atoms with van der Waals surface area (Å²) in [4.78, 5) is 71.1. The zero-order valence-corrected chi connectivity index (χ0v) is 34.1. The lowest BCUT2D eigenvalue weighted by Gasteiger charge is -2.30. The molecule has 2 aromatic carbocycles. The molecule has 3 saturated heterocycles. The van der Waals surface area contributed by atoms with E-state index in [1.165, 1.54) is 19.1 Å². The number of fused-ring (bicyclic) bond motifs is 1. The third-order valence-corrected chi connectivity index (χ3v) is 11.4.